The van der Waals surface area contributed by atoms with Gasteiger partial charge in [0.05, 0.1) is 25.3 Å². The minimum absolute atomic E-state index is 0.0858. The number of ketones is 1. The molecule has 0 bridgehead atoms. The van der Waals surface area contributed by atoms with Crippen LogP contribution in [0.15, 0.2) is 12.1 Å². The van der Waals surface area contributed by atoms with E-state index in [9.17, 15) is 14.7 Å². The fraction of sp³-hybridized carbons (Fsp3) is 0.429. The first-order valence-corrected chi connectivity index (χ1v) is 6.07. The Morgan fingerprint density at radius 2 is 1.89 bits per heavy atom. The summed E-state index contributed by atoms with van der Waals surface area (Å²) in [5.74, 6) is -0.810. The molecule has 0 saturated heterocycles. The van der Waals surface area contributed by atoms with Gasteiger partial charge in [0.15, 0.2) is 5.78 Å². The Morgan fingerprint density at radius 3 is 2.37 bits per heavy atom. The first-order valence-electron chi connectivity index (χ1n) is 6.07. The molecule has 1 rings (SSSR count). The Labute approximate surface area is 112 Å². The third-order valence-electron chi connectivity index (χ3n) is 2.80. The molecule has 0 aliphatic rings. The average Bonchev–Trinajstić information content (AvgIpc) is 2.42. The van der Waals surface area contributed by atoms with Crippen molar-refractivity contribution in [3.05, 3.63) is 23.3 Å². The van der Waals surface area contributed by atoms with E-state index < -0.39 is 5.97 Å². The smallest absolute Gasteiger partial charge is 0.336 e. The molecule has 0 fully saturated rings. The van der Waals surface area contributed by atoms with Crippen molar-refractivity contribution in [1.82, 2.24) is 0 Å². The quantitative estimate of drug-likeness (QED) is 0.768. The van der Waals surface area contributed by atoms with E-state index in [0.717, 1.165) is 6.42 Å². The largest absolute Gasteiger partial charge is 0.497 e. The van der Waals surface area contributed by atoms with Gasteiger partial charge in [0.2, 0.25) is 0 Å². The van der Waals surface area contributed by atoms with Crippen molar-refractivity contribution in [1.29, 1.82) is 0 Å². The lowest BCUT2D eigenvalue weighted by Gasteiger charge is -2.12. The second kappa shape index (κ2) is 6.78. The fourth-order valence-electron chi connectivity index (χ4n) is 1.79. The fourth-order valence-corrected chi connectivity index (χ4v) is 1.79. The van der Waals surface area contributed by atoms with Crippen molar-refractivity contribution in [2.24, 2.45) is 0 Å². The maximum atomic E-state index is 12.1. The van der Waals surface area contributed by atoms with Crippen LogP contribution in [0.2, 0.25) is 0 Å². The average molecular weight is 266 g/mol. The van der Waals surface area contributed by atoms with Crippen LogP contribution in [0.1, 0.15) is 46.9 Å². The molecule has 5 heteroatoms. The Hall–Kier alpha value is -2.04. The summed E-state index contributed by atoms with van der Waals surface area (Å²) in [4.78, 5) is 23.4. The van der Waals surface area contributed by atoms with Gasteiger partial charge in [0.25, 0.3) is 0 Å². The summed E-state index contributed by atoms with van der Waals surface area (Å²) in [7, 11) is 2.83. The number of unbranched alkanes of at least 4 members (excludes halogenated alkanes) is 1. The zero-order chi connectivity index (χ0) is 14.4. The van der Waals surface area contributed by atoms with Crippen molar-refractivity contribution in [2.45, 2.75) is 26.2 Å². The molecule has 0 amide bonds. The Balaban J connectivity index is 3.33. The van der Waals surface area contributed by atoms with Crippen LogP contribution in [0.5, 0.6) is 11.5 Å². The zero-order valence-corrected chi connectivity index (χ0v) is 11.4. The summed E-state index contributed by atoms with van der Waals surface area (Å²) in [6, 6.07) is 2.86. The number of carboxylic acids is 1. The highest BCUT2D eigenvalue weighted by Gasteiger charge is 2.22. The Bertz CT molecular complexity index is 479. The van der Waals surface area contributed by atoms with E-state index in [1.165, 1.54) is 26.4 Å². The molecule has 0 aliphatic carbocycles. The van der Waals surface area contributed by atoms with E-state index in [2.05, 4.69) is 0 Å². The van der Waals surface area contributed by atoms with Gasteiger partial charge in [-0.25, -0.2) is 4.79 Å². The van der Waals surface area contributed by atoms with Crippen LogP contribution in [-0.4, -0.2) is 31.1 Å². The summed E-state index contributed by atoms with van der Waals surface area (Å²) in [6.45, 7) is 1.97. The van der Waals surface area contributed by atoms with Crippen molar-refractivity contribution >= 4 is 11.8 Å². The summed E-state index contributed by atoms with van der Waals surface area (Å²) in [5, 5.41) is 9.22. The van der Waals surface area contributed by atoms with Gasteiger partial charge in [-0.2, -0.15) is 0 Å². The predicted octanol–water partition coefficient (Wildman–Crippen LogP) is 2.77. The van der Waals surface area contributed by atoms with Crippen molar-refractivity contribution in [3.63, 3.8) is 0 Å². The molecule has 1 aromatic carbocycles. The molecule has 1 aromatic rings. The molecule has 5 nitrogen and oxygen atoms in total. The molecule has 1 N–H and O–H groups in total. The monoisotopic (exact) mass is 266 g/mol. The SMILES string of the molecule is CCCCC(=O)c1c(OC)cc(OC)cc1C(=O)O. The van der Waals surface area contributed by atoms with Gasteiger partial charge >= 0.3 is 5.97 Å². The summed E-state index contributed by atoms with van der Waals surface area (Å²) in [5.41, 5.74) is 0.0292. The topological polar surface area (TPSA) is 72.8 Å². The first-order chi connectivity index (χ1) is 9.04. The molecule has 0 atom stereocenters. The van der Waals surface area contributed by atoms with Crippen LogP contribution in [0.25, 0.3) is 0 Å². The van der Waals surface area contributed by atoms with Crippen LogP contribution in [0.4, 0.5) is 0 Å². The number of aromatic carboxylic acids is 1. The number of rotatable bonds is 7. The van der Waals surface area contributed by atoms with E-state index >= 15 is 0 Å². The van der Waals surface area contributed by atoms with Crippen LogP contribution >= 0.6 is 0 Å². The molecule has 104 valence electrons. The molecular formula is C14H18O5. The highest BCUT2D eigenvalue weighted by molar-refractivity contribution is 6.08. The van der Waals surface area contributed by atoms with Crippen molar-refractivity contribution < 1.29 is 24.2 Å². The van der Waals surface area contributed by atoms with E-state index in [0.29, 0.717) is 18.6 Å². The maximum Gasteiger partial charge on any atom is 0.336 e. The van der Waals surface area contributed by atoms with Crippen molar-refractivity contribution in [3.8, 4) is 11.5 Å². The first kappa shape index (κ1) is 15.0. The summed E-state index contributed by atoms with van der Waals surface area (Å²) < 4.78 is 10.1. The Morgan fingerprint density at radius 1 is 1.21 bits per heavy atom. The molecule has 0 unspecified atom stereocenters. The van der Waals surface area contributed by atoms with Gasteiger partial charge in [-0.15, -0.1) is 0 Å². The van der Waals surface area contributed by atoms with E-state index in [1.54, 1.807) is 0 Å². The Kier molecular flexibility index (Phi) is 5.36. The number of Topliss-reactive ketones (excluding diaryl/α,β-unsaturated/α-hetero) is 1. The van der Waals surface area contributed by atoms with E-state index in [4.69, 9.17) is 9.47 Å². The summed E-state index contributed by atoms with van der Waals surface area (Å²) >= 11 is 0. The highest BCUT2D eigenvalue weighted by Crippen LogP contribution is 2.30. The van der Waals surface area contributed by atoms with Gasteiger partial charge in [-0.3, -0.25) is 4.79 Å². The van der Waals surface area contributed by atoms with Crippen LogP contribution in [0, 0.1) is 0 Å². The second-order valence-electron chi connectivity index (χ2n) is 4.08. The second-order valence-corrected chi connectivity index (χ2v) is 4.08. The third kappa shape index (κ3) is 3.47. The number of carbonyl (C=O) groups is 2. The molecule has 0 saturated carbocycles. The van der Waals surface area contributed by atoms with Gasteiger partial charge < -0.3 is 14.6 Å². The van der Waals surface area contributed by atoms with Gasteiger partial charge in [-0.1, -0.05) is 13.3 Å². The van der Waals surface area contributed by atoms with Gasteiger partial charge in [0.1, 0.15) is 11.5 Å². The van der Waals surface area contributed by atoms with E-state index in [1.807, 2.05) is 6.92 Å². The number of methoxy groups -OCH3 is 2. The lowest BCUT2D eigenvalue weighted by molar-refractivity contribution is 0.0690. The predicted molar refractivity (Wildman–Crippen MR) is 70.4 cm³/mol. The number of carboxylic acid groups (broad SMARTS) is 1. The minimum atomic E-state index is -1.17. The third-order valence-corrected chi connectivity index (χ3v) is 2.80. The lowest BCUT2D eigenvalue weighted by Crippen LogP contribution is -2.11. The minimum Gasteiger partial charge on any atom is -0.497 e. The zero-order valence-electron chi connectivity index (χ0n) is 11.4. The highest BCUT2D eigenvalue weighted by atomic mass is 16.5. The number of benzene rings is 1. The molecule has 0 heterocycles. The number of hydrogen-bond acceptors (Lipinski definition) is 4. The van der Waals surface area contributed by atoms with E-state index in [-0.39, 0.29) is 22.7 Å². The molecular weight excluding hydrogens is 248 g/mol. The normalized spacial score (nSPS) is 10.1. The van der Waals surface area contributed by atoms with Gasteiger partial charge in [0, 0.05) is 12.5 Å². The van der Waals surface area contributed by atoms with Crippen LogP contribution in [0.3, 0.4) is 0 Å². The molecule has 0 radical (unpaired) electrons. The summed E-state index contributed by atoms with van der Waals surface area (Å²) in [6.07, 6.45) is 1.89. The standard InChI is InChI=1S/C14H18O5/c1-4-5-6-11(15)13-10(14(16)17)7-9(18-2)8-12(13)19-3/h7-8H,4-6H2,1-3H3,(H,16,17). The van der Waals surface area contributed by atoms with Crippen LogP contribution < -0.4 is 9.47 Å². The number of hydrogen-bond donors (Lipinski definition) is 1. The molecule has 0 spiro atoms. The number of ether oxygens (including phenoxy) is 2. The van der Waals surface area contributed by atoms with Crippen LogP contribution in [-0.2, 0) is 0 Å². The lowest BCUT2D eigenvalue weighted by atomic mass is 9.98. The molecule has 0 aliphatic heterocycles. The molecule has 0 aromatic heterocycles. The van der Waals surface area contributed by atoms with Gasteiger partial charge in [-0.05, 0) is 12.5 Å². The molecule has 19 heavy (non-hydrogen) atoms. The number of carbonyl (C=O) groups excluding carboxylic acids is 1. The van der Waals surface area contributed by atoms with Crippen molar-refractivity contribution in [2.75, 3.05) is 14.2 Å². The maximum absolute atomic E-state index is 12.1.